The summed E-state index contributed by atoms with van der Waals surface area (Å²) in [6, 6.07) is 6.50. The fraction of sp³-hybridized carbons (Fsp3) is 0.533. The first-order valence-electron chi connectivity index (χ1n) is 7.38. The van der Waals surface area contributed by atoms with Crippen molar-refractivity contribution in [1.82, 2.24) is 10.6 Å². The van der Waals surface area contributed by atoms with E-state index in [4.69, 9.17) is 5.14 Å². The molecular formula is C15H25N3O3S. The van der Waals surface area contributed by atoms with Crippen molar-refractivity contribution in [2.75, 3.05) is 19.6 Å². The van der Waals surface area contributed by atoms with Crippen LogP contribution in [-0.2, 0) is 21.2 Å². The molecule has 0 atom stereocenters. The van der Waals surface area contributed by atoms with E-state index < -0.39 is 10.0 Å². The van der Waals surface area contributed by atoms with Gasteiger partial charge in [0.2, 0.25) is 15.9 Å². The second-order valence-corrected chi connectivity index (χ2v) is 7.20. The second kappa shape index (κ2) is 8.87. The molecule has 1 aromatic carbocycles. The molecule has 4 N–H and O–H groups in total. The predicted molar refractivity (Wildman–Crippen MR) is 86.9 cm³/mol. The molecule has 0 aliphatic rings. The number of hydrogen-bond acceptors (Lipinski definition) is 4. The molecule has 7 heteroatoms. The van der Waals surface area contributed by atoms with Gasteiger partial charge in [-0.3, -0.25) is 4.79 Å². The van der Waals surface area contributed by atoms with Gasteiger partial charge in [-0.1, -0.05) is 26.0 Å². The van der Waals surface area contributed by atoms with Gasteiger partial charge in [0.05, 0.1) is 4.90 Å². The van der Waals surface area contributed by atoms with Gasteiger partial charge in [-0.25, -0.2) is 13.6 Å². The lowest BCUT2D eigenvalue weighted by atomic mass is 10.1. The summed E-state index contributed by atoms with van der Waals surface area (Å²) in [6.07, 6.45) is 1.22. The Morgan fingerprint density at radius 1 is 1.18 bits per heavy atom. The number of sulfonamides is 1. The highest BCUT2D eigenvalue weighted by molar-refractivity contribution is 7.89. The molecule has 0 radical (unpaired) electrons. The molecule has 0 aliphatic carbocycles. The SMILES string of the molecule is CC(C)CNC(=O)CCNCCc1ccc(S(N)(=O)=O)cc1. The Bertz CT molecular complexity index is 568. The molecule has 0 saturated heterocycles. The molecular weight excluding hydrogens is 302 g/mol. The maximum atomic E-state index is 11.5. The van der Waals surface area contributed by atoms with Gasteiger partial charge in [-0.05, 0) is 36.6 Å². The van der Waals surface area contributed by atoms with Crippen molar-refractivity contribution in [3.05, 3.63) is 29.8 Å². The van der Waals surface area contributed by atoms with Crippen LogP contribution in [0.3, 0.4) is 0 Å². The molecule has 1 rings (SSSR count). The average molecular weight is 327 g/mol. The number of primary sulfonamides is 1. The fourth-order valence-electron chi connectivity index (χ4n) is 1.81. The standard InChI is InChI=1S/C15H25N3O3S/c1-12(2)11-18-15(19)8-10-17-9-7-13-3-5-14(6-4-13)22(16,20)21/h3-6,12,17H,7-11H2,1-2H3,(H,18,19)(H2,16,20,21). The number of amides is 1. The lowest BCUT2D eigenvalue weighted by Crippen LogP contribution is -2.30. The summed E-state index contributed by atoms with van der Waals surface area (Å²) in [5.41, 5.74) is 1.02. The van der Waals surface area contributed by atoms with Crippen molar-refractivity contribution in [2.24, 2.45) is 11.1 Å². The molecule has 0 fully saturated rings. The van der Waals surface area contributed by atoms with Crippen LogP contribution in [0.5, 0.6) is 0 Å². The van der Waals surface area contributed by atoms with E-state index in [1.165, 1.54) is 12.1 Å². The fourth-order valence-corrected chi connectivity index (χ4v) is 2.33. The monoisotopic (exact) mass is 327 g/mol. The Morgan fingerprint density at radius 2 is 1.82 bits per heavy atom. The summed E-state index contributed by atoms with van der Waals surface area (Å²) in [5.74, 6) is 0.510. The Morgan fingerprint density at radius 3 is 2.36 bits per heavy atom. The molecule has 1 aromatic rings. The van der Waals surface area contributed by atoms with Crippen molar-refractivity contribution in [1.29, 1.82) is 0 Å². The quantitative estimate of drug-likeness (QED) is 0.579. The zero-order chi connectivity index (χ0) is 16.6. The minimum atomic E-state index is -3.63. The largest absolute Gasteiger partial charge is 0.356 e. The number of carbonyl (C=O) groups excluding carboxylic acids is 1. The third-order valence-corrected chi connectivity index (χ3v) is 4.01. The van der Waals surface area contributed by atoms with Crippen LogP contribution in [0.4, 0.5) is 0 Å². The normalized spacial score (nSPS) is 11.6. The van der Waals surface area contributed by atoms with Gasteiger partial charge in [-0.15, -0.1) is 0 Å². The van der Waals surface area contributed by atoms with Crippen LogP contribution in [-0.4, -0.2) is 34.0 Å². The third kappa shape index (κ3) is 7.53. The van der Waals surface area contributed by atoms with E-state index >= 15 is 0 Å². The second-order valence-electron chi connectivity index (χ2n) is 5.64. The topological polar surface area (TPSA) is 101 Å². The molecule has 0 aromatic heterocycles. The molecule has 0 aliphatic heterocycles. The van der Waals surface area contributed by atoms with E-state index in [-0.39, 0.29) is 10.8 Å². The highest BCUT2D eigenvalue weighted by Crippen LogP contribution is 2.08. The number of carbonyl (C=O) groups is 1. The molecule has 0 heterocycles. The van der Waals surface area contributed by atoms with Crippen LogP contribution in [0.25, 0.3) is 0 Å². The molecule has 0 bridgehead atoms. The Balaban J connectivity index is 2.21. The molecule has 124 valence electrons. The van der Waals surface area contributed by atoms with Crippen molar-refractivity contribution >= 4 is 15.9 Å². The van der Waals surface area contributed by atoms with Crippen LogP contribution in [0.1, 0.15) is 25.8 Å². The van der Waals surface area contributed by atoms with Gasteiger partial charge < -0.3 is 10.6 Å². The minimum Gasteiger partial charge on any atom is -0.356 e. The molecule has 0 unspecified atom stereocenters. The van der Waals surface area contributed by atoms with Crippen molar-refractivity contribution in [3.63, 3.8) is 0 Å². The Labute approximate surface area is 132 Å². The van der Waals surface area contributed by atoms with Crippen LogP contribution >= 0.6 is 0 Å². The highest BCUT2D eigenvalue weighted by Gasteiger charge is 2.06. The maximum absolute atomic E-state index is 11.5. The van der Waals surface area contributed by atoms with Gasteiger partial charge in [0.1, 0.15) is 0 Å². The molecule has 1 amide bonds. The Kier molecular flexibility index (Phi) is 7.50. The van der Waals surface area contributed by atoms with Gasteiger partial charge in [0, 0.05) is 19.5 Å². The zero-order valence-corrected chi connectivity index (χ0v) is 13.9. The van der Waals surface area contributed by atoms with Crippen LogP contribution < -0.4 is 15.8 Å². The summed E-state index contributed by atoms with van der Waals surface area (Å²) < 4.78 is 22.3. The number of rotatable bonds is 9. The first kappa shape index (κ1) is 18.6. The van der Waals surface area contributed by atoms with Crippen molar-refractivity contribution in [3.8, 4) is 0 Å². The smallest absolute Gasteiger partial charge is 0.238 e. The summed E-state index contributed by atoms with van der Waals surface area (Å²) in [5, 5.41) is 11.1. The Hall–Kier alpha value is -1.44. The predicted octanol–water partition coefficient (Wildman–Crippen LogP) is 0.628. The summed E-state index contributed by atoms with van der Waals surface area (Å²) in [4.78, 5) is 11.6. The molecule has 0 spiro atoms. The van der Waals surface area contributed by atoms with E-state index in [0.29, 0.717) is 25.4 Å². The van der Waals surface area contributed by atoms with Crippen molar-refractivity contribution < 1.29 is 13.2 Å². The zero-order valence-electron chi connectivity index (χ0n) is 13.1. The van der Waals surface area contributed by atoms with Crippen LogP contribution in [0.15, 0.2) is 29.2 Å². The summed E-state index contributed by atoms with van der Waals surface area (Å²) >= 11 is 0. The van der Waals surface area contributed by atoms with Gasteiger partial charge in [0.15, 0.2) is 0 Å². The van der Waals surface area contributed by atoms with E-state index in [9.17, 15) is 13.2 Å². The summed E-state index contributed by atoms with van der Waals surface area (Å²) in [6.45, 7) is 6.17. The molecule has 6 nitrogen and oxygen atoms in total. The van der Waals surface area contributed by atoms with E-state index in [1.54, 1.807) is 12.1 Å². The third-order valence-electron chi connectivity index (χ3n) is 3.08. The highest BCUT2D eigenvalue weighted by atomic mass is 32.2. The first-order chi connectivity index (χ1) is 10.3. The van der Waals surface area contributed by atoms with Gasteiger partial charge >= 0.3 is 0 Å². The lowest BCUT2D eigenvalue weighted by Gasteiger charge is -2.08. The summed E-state index contributed by atoms with van der Waals surface area (Å²) in [7, 11) is -3.63. The van der Waals surface area contributed by atoms with Crippen LogP contribution in [0.2, 0.25) is 0 Å². The average Bonchev–Trinajstić information content (AvgIpc) is 2.44. The van der Waals surface area contributed by atoms with E-state index in [1.807, 2.05) is 0 Å². The van der Waals surface area contributed by atoms with Gasteiger partial charge in [-0.2, -0.15) is 0 Å². The maximum Gasteiger partial charge on any atom is 0.238 e. The van der Waals surface area contributed by atoms with Gasteiger partial charge in [0.25, 0.3) is 0 Å². The number of hydrogen-bond donors (Lipinski definition) is 3. The van der Waals surface area contributed by atoms with E-state index in [0.717, 1.165) is 18.5 Å². The number of nitrogens with one attached hydrogen (secondary N) is 2. The molecule has 22 heavy (non-hydrogen) atoms. The first-order valence-corrected chi connectivity index (χ1v) is 8.93. The van der Waals surface area contributed by atoms with Crippen LogP contribution in [0, 0.1) is 5.92 Å². The van der Waals surface area contributed by atoms with Crippen molar-refractivity contribution in [2.45, 2.75) is 31.6 Å². The minimum absolute atomic E-state index is 0.0544. The lowest BCUT2D eigenvalue weighted by molar-refractivity contribution is -0.121. The number of nitrogens with two attached hydrogens (primary N) is 1. The molecule has 0 saturated carbocycles. The number of benzene rings is 1. The van der Waals surface area contributed by atoms with E-state index in [2.05, 4.69) is 24.5 Å².